The lowest BCUT2D eigenvalue weighted by atomic mass is 10.2. The Kier molecular flexibility index (Phi) is 5.01. The maximum atomic E-state index is 12.2. The van der Waals surface area contributed by atoms with Crippen LogP contribution in [0.3, 0.4) is 0 Å². The smallest absolute Gasteiger partial charge is 0.234 e. The molecule has 126 valence electrons. The van der Waals surface area contributed by atoms with Gasteiger partial charge in [-0.2, -0.15) is 0 Å². The van der Waals surface area contributed by atoms with E-state index in [0.29, 0.717) is 13.1 Å². The molecule has 0 saturated heterocycles. The van der Waals surface area contributed by atoms with Crippen molar-refractivity contribution < 1.29 is 13.6 Å². The van der Waals surface area contributed by atoms with Crippen molar-refractivity contribution in [1.82, 2.24) is 10.2 Å². The fourth-order valence-electron chi connectivity index (χ4n) is 2.75. The summed E-state index contributed by atoms with van der Waals surface area (Å²) in [5, 5.41) is 3.96. The summed E-state index contributed by atoms with van der Waals surface area (Å²) in [6.07, 6.45) is 1.60. The van der Waals surface area contributed by atoms with E-state index in [0.717, 1.165) is 29.0 Å². The Hall–Kier alpha value is -2.53. The first-order valence-corrected chi connectivity index (χ1v) is 8.19. The average Bonchev–Trinajstić information content (AvgIpc) is 3.26. The van der Waals surface area contributed by atoms with Crippen LogP contribution in [0.25, 0.3) is 11.0 Å². The Balaban J connectivity index is 1.62. The highest BCUT2D eigenvalue weighted by atomic mass is 16.3. The number of likely N-dealkylation sites (N-methyl/N-ethyl adjacent to an activating group) is 1. The standard InChI is InChI=1S/C19H22N2O3/c1-3-21(13-19(22)20-12-16-8-6-10-23-16)14(2)18-11-15-7-4-5-9-17(15)24-18/h4-11,14H,3,12-13H2,1-2H3,(H,20,22). The lowest BCUT2D eigenvalue weighted by Crippen LogP contribution is -2.38. The molecule has 1 N–H and O–H groups in total. The van der Waals surface area contributed by atoms with E-state index < -0.39 is 0 Å². The van der Waals surface area contributed by atoms with Gasteiger partial charge in [-0.1, -0.05) is 25.1 Å². The zero-order valence-electron chi connectivity index (χ0n) is 14.0. The molecule has 1 atom stereocenters. The van der Waals surface area contributed by atoms with Gasteiger partial charge in [-0.25, -0.2) is 0 Å². The van der Waals surface area contributed by atoms with Crippen molar-refractivity contribution >= 4 is 16.9 Å². The second-order valence-electron chi connectivity index (χ2n) is 5.78. The number of furan rings is 2. The molecule has 2 aromatic heterocycles. The molecule has 0 fully saturated rings. The Morgan fingerprint density at radius 2 is 2.08 bits per heavy atom. The van der Waals surface area contributed by atoms with Crippen LogP contribution < -0.4 is 5.32 Å². The van der Waals surface area contributed by atoms with Crippen molar-refractivity contribution in [2.24, 2.45) is 0 Å². The molecule has 1 aromatic carbocycles. The number of hydrogen-bond donors (Lipinski definition) is 1. The van der Waals surface area contributed by atoms with E-state index in [2.05, 4.69) is 17.1 Å². The van der Waals surface area contributed by atoms with Gasteiger partial charge in [0, 0.05) is 5.39 Å². The summed E-state index contributed by atoms with van der Waals surface area (Å²) in [6, 6.07) is 13.7. The summed E-state index contributed by atoms with van der Waals surface area (Å²) in [7, 11) is 0. The molecule has 2 heterocycles. The quantitative estimate of drug-likeness (QED) is 0.719. The van der Waals surface area contributed by atoms with Crippen LogP contribution in [0, 0.1) is 0 Å². The van der Waals surface area contributed by atoms with Crippen molar-refractivity contribution in [3.8, 4) is 0 Å². The predicted octanol–water partition coefficient (Wildman–Crippen LogP) is 3.73. The maximum absolute atomic E-state index is 12.2. The van der Waals surface area contributed by atoms with E-state index in [1.807, 2.05) is 49.4 Å². The minimum atomic E-state index is -0.0313. The molecule has 0 saturated carbocycles. The van der Waals surface area contributed by atoms with Crippen LogP contribution in [-0.4, -0.2) is 23.9 Å². The second kappa shape index (κ2) is 7.36. The molecule has 1 amide bonds. The number of carbonyl (C=O) groups is 1. The topological polar surface area (TPSA) is 58.6 Å². The van der Waals surface area contributed by atoms with Gasteiger partial charge in [-0.15, -0.1) is 0 Å². The van der Waals surface area contributed by atoms with Gasteiger partial charge < -0.3 is 14.2 Å². The Morgan fingerprint density at radius 3 is 2.79 bits per heavy atom. The fraction of sp³-hybridized carbons (Fsp3) is 0.316. The van der Waals surface area contributed by atoms with Crippen molar-refractivity contribution in [1.29, 1.82) is 0 Å². The molecule has 5 heteroatoms. The lowest BCUT2D eigenvalue weighted by Gasteiger charge is -2.25. The minimum absolute atomic E-state index is 0.0248. The first-order valence-electron chi connectivity index (χ1n) is 8.19. The second-order valence-corrected chi connectivity index (χ2v) is 5.78. The third-order valence-corrected chi connectivity index (χ3v) is 4.20. The largest absolute Gasteiger partial charge is 0.467 e. The molecule has 0 spiro atoms. The Morgan fingerprint density at radius 1 is 1.25 bits per heavy atom. The minimum Gasteiger partial charge on any atom is -0.467 e. The predicted molar refractivity (Wildman–Crippen MR) is 92.4 cm³/mol. The van der Waals surface area contributed by atoms with Crippen LogP contribution in [0.5, 0.6) is 0 Å². The molecule has 0 aliphatic heterocycles. The zero-order valence-corrected chi connectivity index (χ0v) is 14.0. The summed E-state index contributed by atoms with van der Waals surface area (Å²) in [6.45, 7) is 5.57. The van der Waals surface area contributed by atoms with Gasteiger partial charge in [-0.05, 0) is 37.7 Å². The SMILES string of the molecule is CCN(CC(=O)NCc1ccco1)C(C)c1cc2ccccc2o1. The van der Waals surface area contributed by atoms with Gasteiger partial charge in [0.05, 0.1) is 25.4 Å². The third kappa shape index (κ3) is 3.68. The van der Waals surface area contributed by atoms with Gasteiger partial charge in [0.1, 0.15) is 17.1 Å². The van der Waals surface area contributed by atoms with Crippen LogP contribution in [0.4, 0.5) is 0 Å². The van der Waals surface area contributed by atoms with Crippen molar-refractivity contribution in [3.05, 3.63) is 60.2 Å². The zero-order chi connectivity index (χ0) is 16.9. The molecule has 5 nitrogen and oxygen atoms in total. The van der Waals surface area contributed by atoms with Crippen LogP contribution in [0.1, 0.15) is 31.4 Å². The summed E-state index contributed by atoms with van der Waals surface area (Å²) in [5.41, 5.74) is 0.873. The fourth-order valence-corrected chi connectivity index (χ4v) is 2.75. The number of nitrogens with zero attached hydrogens (tertiary/aromatic N) is 1. The number of para-hydroxylation sites is 1. The molecule has 0 bridgehead atoms. The van der Waals surface area contributed by atoms with Crippen LogP contribution in [0.2, 0.25) is 0 Å². The van der Waals surface area contributed by atoms with Crippen molar-refractivity contribution in [3.63, 3.8) is 0 Å². The highest BCUT2D eigenvalue weighted by Crippen LogP contribution is 2.27. The highest BCUT2D eigenvalue weighted by Gasteiger charge is 2.20. The Labute approximate surface area is 141 Å². The molecule has 1 unspecified atom stereocenters. The van der Waals surface area contributed by atoms with Crippen LogP contribution in [-0.2, 0) is 11.3 Å². The van der Waals surface area contributed by atoms with E-state index >= 15 is 0 Å². The molecule has 0 aliphatic carbocycles. The van der Waals surface area contributed by atoms with Gasteiger partial charge in [-0.3, -0.25) is 9.69 Å². The van der Waals surface area contributed by atoms with Crippen molar-refractivity contribution in [2.75, 3.05) is 13.1 Å². The molecule has 3 aromatic rings. The summed E-state index contributed by atoms with van der Waals surface area (Å²) in [4.78, 5) is 14.3. The number of rotatable bonds is 7. The summed E-state index contributed by atoms with van der Waals surface area (Å²) < 4.78 is 11.1. The third-order valence-electron chi connectivity index (χ3n) is 4.20. The number of fused-ring (bicyclic) bond motifs is 1. The van der Waals surface area contributed by atoms with Gasteiger partial charge in [0.2, 0.25) is 5.91 Å². The van der Waals surface area contributed by atoms with Crippen LogP contribution in [0.15, 0.2) is 57.6 Å². The van der Waals surface area contributed by atoms with E-state index in [1.165, 1.54) is 0 Å². The number of hydrogen-bond acceptors (Lipinski definition) is 4. The lowest BCUT2D eigenvalue weighted by molar-refractivity contribution is -0.123. The van der Waals surface area contributed by atoms with Crippen molar-refractivity contribution in [2.45, 2.75) is 26.4 Å². The number of benzene rings is 1. The molecule has 0 aliphatic rings. The van der Waals surface area contributed by atoms with E-state index in [-0.39, 0.29) is 11.9 Å². The molecular weight excluding hydrogens is 304 g/mol. The van der Waals surface area contributed by atoms with E-state index in [9.17, 15) is 4.79 Å². The van der Waals surface area contributed by atoms with Gasteiger partial charge >= 0.3 is 0 Å². The van der Waals surface area contributed by atoms with E-state index in [4.69, 9.17) is 8.83 Å². The van der Waals surface area contributed by atoms with E-state index in [1.54, 1.807) is 6.26 Å². The molecule has 24 heavy (non-hydrogen) atoms. The van der Waals surface area contributed by atoms with Gasteiger partial charge in [0.25, 0.3) is 0 Å². The molecule has 3 rings (SSSR count). The highest BCUT2D eigenvalue weighted by molar-refractivity contribution is 5.79. The molecule has 0 radical (unpaired) electrons. The number of nitrogens with one attached hydrogen (secondary N) is 1. The number of amides is 1. The number of carbonyl (C=O) groups excluding carboxylic acids is 1. The maximum Gasteiger partial charge on any atom is 0.234 e. The summed E-state index contributed by atoms with van der Waals surface area (Å²) in [5.74, 6) is 1.59. The Bertz CT molecular complexity index is 759. The summed E-state index contributed by atoms with van der Waals surface area (Å²) >= 11 is 0. The normalized spacial score (nSPS) is 12.6. The van der Waals surface area contributed by atoms with Gasteiger partial charge in [0.15, 0.2) is 0 Å². The first-order chi connectivity index (χ1) is 11.7. The monoisotopic (exact) mass is 326 g/mol. The molecular formula is C19H22N2O3. The van der Waals surface area contributed by atoms with Crippen LogP contribution >= 0.6 is 0 Å². The first kappa shape index (κ1) is 16.3. The average molecular weight is 326 g/mol.